The number of hydrogen-bond donors (Lipinski definition) is 3. The van der Waals surface area contributed by atoms with E-state index in [0.717, 1.165) is 48.9 Å². The number of nitrogens with zero attached hydrogens (tertiary/aromatic N) is 1. The number of carbonyl (C=O) groups excluding carboxylic acids is 2. The van der Waals surface area contributed by atoms with Crippen LogP contribution in [-0.4, -0.2) is 49.7 Å². The van der Waals surface area contributed by atoms with Crippen LogP contribution in [0.3, 0.4) is 0 Å². The number of piperidine rings is 1. The van der Waals surface area contributed by atoms with Crippen LogP contribution in [0.2, 0.25) is 0 Å². The minimum absolute atomic E-state index is 0.0329. The molecule has 0 radical (unpaired) electrons. The molecule has 3 aromatic rings. The van der Waals surface area contributed by atoms with Gasteiger partial charge in [0.15, 0.2) is 11.6 Å². The van der Waals surface area contributed by atoms with Crippen LogP contribution < -0.4 is 20.7 Å². The van der Waals surface area contributed by atoms with E-state index >= 15 is 4.39 Å². The average molecular weight is 575 g/mol. The number of nitrogens with one attached hydrogen (secondary N) is 3. The summed E-state index contributed by atoms with van der Waals surface area (Å²) < 4.78 is 32.9. The maximum Gasteiger partial charge on any atom is 0.313 e. The van der Waals surface area contributed by atoms with Crippen molar-refractivity contribution < 1.29 is 28.2 Å². The standard InChI is InChI=1S/C32H35FN4O5/c1-20(22-6-4-3-5-7-22)36-31(38)32(39)37-23-8-9-28(25(33)16-23)42-27-12-15-35-26-18-30(29(40-2)17-24(26)27)41-19-21-10-13-34-14-11-21/h3-9,12,15-16,18,20-21,29,34H,10-11,13-14,17,19H2,1-2H3,(H,36,38)(H,37,39)/t20-,29?/m0/s1. The molecule has 1 saturated heterocycles. The van der Waals surface area contributed by atoms with Crippen molar-refractivity contribution in [1.82, 2.24) is 15.6 Å². The fourth-order valence-electron chi connectivity index (χ4n) is 5.08. The maximum atomic E-state index is 15.1. The lowest BCUT2D eigenvalue weighted by atomic mass is 9.96. The van der Waals surface area contributed by atoms with Crippen LogP contribution in [0.1, 0.15) is 42.6 Å². The van der Waals surface area contributed by atoms with Crippen LogP contribution in [0.15, 0.2) is 66.6 Å². The van der Waals surface area contributed by atoms with Gasteiger partial charge in [0, 0.05) is 43.1 Å². The molecule has 2 heterocycles. The van der Waals surface area contributed by atoms with Crippen molar-refractivity contribution in [1.29, 1.82) is 0 Å². The van der Waals surface area contributed by atoms with Crippen molar-refractivity contribution in [3.05, 3.63) is 89.2 Å². The number of carbonyl (C=O) groups is 2. The first-order chi connectivity index (χ1) is 20.4. The Morgan fingerprint density at radius 2 is 1.86 bits per heavy atom. The van der Waals surface area contributed by atoms with Gasteiger partial charge in [-0.2, -0.15) is 0 Å². The first kappa shape index (κ1) is 29.2. The van der Waals surface area contributed by atoms with Crippen LogP contribution in [0.4, 0.5) is 10.1 Å². The summed E-state index contributed by atoms with van der Waals surface area (Å²) in [4.78, 5) is 29.3. The van der Waals surface area contributed by atoms with Crippen molar-refractivity contribution in [2.45, 2.75) is 38.3 Å². The number of benzene rings is 2. The van der Waals surface area contributed by atoms with E-state index < -0.39 is 17.6 Å². The van der Waals surface area contributed by atoms with Gasteiger partial charge in [0.25, 0.3) is 0 Å². The highest BCUT2D eigenvalue weighted by molar-refractivity contribution is 6.39. The number of hydrogen-bond acceptors (Lipinski definition) is 7. The summed E-state index contributed by atoms with van der Waals surface area (Å²) in [5, 5.41) is 8.44. The Hall–Kier alpha value is -4.28. The number of amides is 2. The van der Waals surface area contributed by atoms with Crippen LogP contribution in [-0.2, 0) is 25.5 Å². The lowest BCUT2D eigenvalue weighted by Gasteiger charge is -2.28. The van der Waals surface area contributed by atoms with Gasteiger partial charge in [0.2, 0.25) is 0 Å². The molecular weight excluding hydrogens is 539 g/mol. The second-order valence-electron chi connectivity index (χ2n) is 10.5. The molecule has 2 amide bonds. The molecule has 2 aliphatic rings. The molecule has 42 heavy (non-hydrogen) atoms. The quantitative estimate of drug-likeness (QED) is 0.316. The van der Waals surface area contributed by atoms with Gasteiger partial charge in [0.05, 0.1) is 18.3 Å². The van der Waals surface area contributed by atoms with E-state index in [2.05, 4.69) is 20.9 Å². The van der Waals surface area contributed by atoms with Gasteiger partial charge in [-0.25, -0.2) is 4.39 Å². The van der Waals surface area contributed by atoms with Gasteiger partial charge >= 0.3 is 11.8 Å². The highest BCUT2D eigenvalue weighted by Crippen LogP contribution is 2.35. The van der Waals surface area contributed by atoms with Crippen molar-refractivity contribution in [2.24, 2.45) is 5.92 Å². The summed E-state index contributed by atoms with van der Waals surface area (Å²) in [6.45, 7) is 4.40. The molecule has 220 valence electrons. The second kappa shape index (κ2) is 13.6. The molecule has 1 aliphatic heterocycles. The van der Waals surface area contributed by atoms with Crippen LogP contribution in [0.5, 0.6) is 11.5 Å². The summed E-state index contributed by atoms with van der Waals surface area (Å²) in [6.07, 6.45) is 5.76. The maximum absolute atomic E-state index is 15.1. The number of pyridine rings is 1. The van der Waals surface area contributed by atoms with Gasteiger partial charge in [-0.3, -0.25) is 14.6 Å². The fraction of sp³-hybridized carbons (Fsp3) is 0.344. The summed E-state index contributed by atoms with van der Waals surface area (Å²) in [5.41, 5.74) is 2.44. The Balaban J connectivity index is 1.23. The zero-order chi connectivity index (χ0) is 29.5. The fourth-order valence-corrected chi connectivity index (χ4v) is 5.08. The van der Waals surface area contributed by atoms with Gasteiger partial charge in [0.1, 0.15) is 17.6 Å². The second-order valence-corrected chi connectivity index (χ2v) is 10.5. The monoisotopic (exact) mass is 574 g/mol. The molecule has 1 aliphatic carbocycles. The topological polar surface area (TPSA) is 111 Å². The number of aromatic nitrogens is 1. The molecule has 0 saturated carbocycles. The minimum Gasteiger partial charge on any atom is -0.495 e. The molecule has 0 spiro atoms. The van der Waals surface area contributed by atoms with Crippen molar-refractivity contribution in [2.75, 3.05) is 32.1 Å². The summed E-state index contributed by atoms with van der Waals surface area (Å²) >= 11 is 0. The third kappa shape index (κ3) is 7.13. The molecule has 3 N–H and O–H groups in total. The molecule has 0 bridgehead atoms. The summed E-state index contributed by atoms with van der Waals surface area (Å²) in [5.74, 6) is -0.787. The third-order valence-corrected chi connectivity index (χ3v) is 7.52. The molecule has 10 heteroatoms. The number of methoxy groups -OCH3 is 1. The van der Waals surface area contributed by atoms with E-state index in [4.69, 9.17) is 14.2 Å². The molecule has 1 unspecified atom stereocenters. The van der Waals surface area contributed by atoms with E-state index in [1.807, 2.05) is 36.4 Å². The Morgan fingerprint density at radius 3 is 2.60 bits per heavy atom. The average Bonchev–Trinajstić information content (AvgIpc) is 3.01. The number of ether oxygens (including phenoxy) is 3. The van der Waals surface area contributed by atoms with E-state index in [9.17, 15) is 9.59 Å². The van der Waals surface area contributed by atoms with E-state index in [1.165, 1.54) is 12.1 Å². The van der Waals surface area contributed by atoms with Crippen molar-refractivity contribution >= 4 is 23.6 Å². The van der Waals surface area contributed by atoms with E-state index in [-0.39, 0.29) is 23.6 Å². The van der Waals surface area contributed by atoms with E-state index in [0.29, 0.717) is 30.4 Å². The van der Waals surface area contributed by atoms with Gasteiger partial charge in [-0.05, 0) is 62.5 Å². The normalized spacial score (nSPS) is 17.4. The number of halogens is 1. The summed E-state index contributed by atoms with van der Waals surface area (Å²) in [6, 6.07) is 14.6. The van der Waals surface area contributed by atoms with Crippen LogP contribution >= 0.6 is 0 Å². The van der Waals surface area contributed by atoms with Gasteiger partial charge < -0.3 is 30.2 Å². The number of anilines is 1. The molecule has 2 aromatic carbocycles. The first-order valence-corrected chi connectivity index (χ1v) is 14.1. The Labute approximate surface area is 244 Å². The highest BCUT2D eigenvalue weighted by Gasteiger charge is 2.28. The molecule has 1 fully saturated rings. The molecular formula is C32H35FN4O5. The number of fused-ring (bicyclic) bond motifs is 1. The number of rotatable bonds is 9. The zero-order valence-corrected chi connectivity index (χ0v) is 23.7. The predicted molar refractivity (Wildman–Crippen MR) is 156 cm³/mol. The first-order valence-electron chi connectivity index (χ1n) is 14.1. The third-order valence-electron chi connectivity index (χ3n) is 7.52. The lowest BCUT2D eigenvalue weighted by Crippen LogP contribution is -2.36. The molecule has 2 atom stereocenters. The Morgan fingerprint density at radius 1 is 1.07 bits per heavy atom. The smallest absolute Gasteiger partial charge is 0.313 e. The van der Waals surface area contributed by atoms with Crippen LogP contribution in [0, 0.1) is 11.7 Å². The van der Waals surface area contributed by atoms with Crippen LogP contribution in [0.25, 0.3) is 6.08 Å². The highest BCUT2D eigenvalue weighted by atomic mass is 19.1. The molecule has 1 aromatic heterocycles. The Bertz CT molecular complexity index is 1440. The molecule has 5 rings (SSSR count). The minimum atomic E-state index is -0.898. The van der Waals surface area contributed by atoms with Gasteiger partial charge in [-0.1, -0.05) is 30.3 Å². The lowest BCUT2D eigenvalue weighted by molar-refractivity contribution is -0.136. The predicted octanol–water partition coefficient (Wildman–Crippen LogP) is 4.76. The Kier molecular flexibility index (Phi) is 9.45. The van der Waals surface area contributed by atoms with E-state index in [1.54, 1.807) is 26.3 Å². The zero-order valence-electron chi connectivity index (χ0n) is 23.7. The molecule has 9 nitrogen and oxygen atoms in total. The van der Waals surface area contributed by atoms with Crippen molar-refractivity contribution in [3.8, 4) is 11.5 Å². The largest absolute Gasteiger partial charge is 0.495 e. The SMILES string of the molecule is COC1Cc2c(Oc3ccc(NC(=O)C(=O)N[C@@H](C)c4ccccc4)cc3F)ccnc2C=C1OCC1CCNCC1. The summed E-state index contributed by atoms with van der Waals surface area (Å²) in [7, 11) is 1.63. The van der Waals surface area contributed by atoms with Crippen molar-refractivity contribution in [3.63, 3.8) is 0 Å². The van der Waals surface area contributed by atoms with Gasteiger partial charge in [-0.15, -0.1) is 0 Å².